The SMILES string of the molecule is CC(Nc1ncc([N+](=O)[O-])s1)c1cccc(Br)c1. The van der Waals surface area contributed by atoms with Gasteiger partial charge in [0.25, 0.3) is 0 Å². The van der Waals surface area contributed by atoms with E-state index in [-0.39, 0.29) is 11.0 Å². The highest BCUT2D eigenvalue weighted by Gasteiger charge is 2.13. The van der Waals surface area contributed by atoms with Crippen LogP contribution in [-0.2, 0) is 0 Å². The zero-order valence-corrected chi connectivity index (χ0v) is 11.9. The van der Waals surface area contributed by atoms with Crippen LogP contribution in [0.25, 0.3) is 0 Å². The average Bonchev–Trinajstić information content (AvgIpc) is 2.77. The summed E-state index contributed by atoms with van der Waals surface area (Å²) in [7, 11) is 0. The first-order chi connectivity index (χ1) is 8.56. The Hall–Kier alpha value is -1.47. The Balaban J connectivity index is 2.11. The summed E-state index contributed by atoms with van der Waals surface area (Å²) in [6.07, 6.45) is 1.26. The summed E-state index contributed by atoms with van der Waals surface area (Å²) in [5, 5.41) is 14.3. The van der Waals surface area contributed by atoms with Crippen LogP contribution in [0.4, 0.5) is 10.1 Å². The molecule has 1 unspecified atom stereocenters. The monoisotopic (exact) mass is 327 g/mol. The first kappa shape index (κ1) is 13.0. The van der Waals surface area contributed by atoms with Crippen LogP contribution in [0.1, 0.15) is 18.5 Å². The fourth-order valence-electron chi connectivity index (χ4n) is 1.46. The molecule has 5 nitrogen and oxygen atoms in total. The highest BCUT2D eigenvalue weighted by Crippen LogP contribution is 2.28. The molecule has 0 fully saturated rings. The number of hydrogen-bond donors (Lipinski definition) is 1. The van der Waals surface area contributed by atoms with Crippen LogP contribution < -0.4 is 5.32 Å². The van der Waals surface area contributed by atoms with Gasteiger partial charge < -0.3 is 5.32 Å². The summed E-state index contributed by atoms with van der Waals surface area (Å²) in [5.74, 6) is 0. The largest absolute Gasteiger partial charge is 0.355 e. The van der Waals surface area contributed by atoms with E-state index in [1.165, 1.54) is 6.20 Å². The molecule has 0 amide bonds. The maximum atomic E-state index is 10.6. The number of nitrogens with one attached hydrogen (secondary N) is 1. The molecule has 0 bridgehead atoms. The Morgan fingerprint density at radius 2 is 2.33 bits per heavy atom. The Bertz CT molecular complexity index is 573. The molecule has 1 heterocycles. The van der Waals surface area contributed by atoms with Crippen LogP contribution in [0.5, 0.6) is 0 Å². The third-order valence-corrected chi connectivity index (χ3v) is 3.74. The quantitative estimate of drug-likeness (QED) is 0.681. The molecular formula is C11H10BrN3O2S. The van der Waals surface area contributed by atoms with E-state index >= 15 is 0 Å². The van der Waals surface area contributed by atoms with Crippen molar-refractivity contribution in [2.45, 2.75) is 13.0 Å². The lowest BCUT2D eigenvalue weighted by Gasteiger charge is -2.13. The molecule has 1 aromatic heterocycles. The van der Waals surface area contributed by atoms with Gasteiger partial charge in [-0.2, -0.15) is 0 Å². The van der Waals surface area contributed by atoms with Crippen molar-refractivity contribution in [1.29, 1.82) is 0 Å². The molecule has 1 N–H and O–H groups in total. The summed E-state index contributed by atoms with van der Waals surface area (Å²) in [6.45, 7) is 1.98. The Morgan fingerprint density at radius 1 is 1.56 bits per heavy atom. The molecular weight excluding hydrogens is 318 g/mol. The van der Waals surface area contributed by atoms with Gasteiger partial charge in [-0.15, -0.1) is 0 Å². The molecule has 0 saturated carbocycles. The maximum Gasteiger partial charge on any atom is 0.345 e. The normalized spacial score (nSPS) is 12.1. The molecule has 0 aliphatic carbocycles. The molecule has 2 aromatic rings. The lowest BCUT2D eigenvalue weighted by molar-refractivity contribution is -0.380. The van der Waals surface area contributed by atoms with E-state index < -0.39 is 4.92 Å². The maximum absolute atomic E-state index is 10.6. The van der Waals surface area contributed by atoms with Gasteiger partial charge in [0, 0.05) is 4.47 Å². The average molecular weight is 328 g/mol. The van der Waals surface area contributed by atoms with Crippen molar-refractivity contribution < 1.29 is 4.92 Å². The number of nitrogens with zero attached hydrogens (tertiary/aromatic N) is 2. The minimum atomic E-state index is -0.438. The second-order valence-electron chi connectivity index (χ2n) is 3.68. The van der Waals surface area contributed by atoms with Crippen molar-refractivity contribution in [3.8, 4) is 0 Å². The zero-order valence-electron chi connectivity index (χ0n) is 9.46. The van der Waals surface area contributed by atoms with Gasteiger partial charge in [0.05, 0.1) is 11.0 Å². The van der Waals surface area contributed by atoms with Crippen molar-refractivity contribution in [1.82, 2.24) is 4.98 Å². The van der Waals surface area contributed by atoms with Crippen LogP contribution in [0, 0.1) is 10.1 Å². The van der Waals surface area contributed by atoms with Crippen LogP contribution >= 0.6 is 27.3 Å². The molecule has 94 valence electrons. The number of halogens is 1. The van der Waals surface area contributed by atoms with E-state index in [1.807, 2.05) is 31.2 Å². The van der Waals surface area contributed by atoms with Crippen molar-refractivity contribution in [2.24, 2.45) is 0 Å². The summed E-state index contributed by atoms with van der Waals surface area (Å²) in [4.78, 5) is 14.1. The zero-order chi connectivity index (χ0) is 13.1. The smallest absolute Gasteiger partial charge is 0.345 e. The first-order valence-electron chi connectivity index (χ1n) is 5.18. The van der Waals surface area contributed by atoms with Gasteiger partial charge in [-0.1, -0.05) is 28.1 Å². The fraction of sp³-hybridized carbons (Fsp3) is 0.182. The van der Waals surface area contributed by atoms with E-state index in [1.54, 1.807) is 0 Å². The van der Waals surface area contributed by atoms with E-state index in [9.17, 15) is 10.1 Å². The van der Waals surface area contributed by atoms with E-state index in [0.717, 1.165) is 21.4 Å². The van der Waals surface area contributed by atoms with Gasteiger partial charge in [-0.05, 0) is 36.0 Å². The van der Waals surface area contributed by atoms with E-state index in [4.69, 9.17) is 0 Å². The molecule has 1 aromatic carbocycles. The number of benzene rings is 1. The highest BCUT2D eigenvalue weighted by molar-refractivity contribution is 9.10. The molecule has 0 aliphatic rings. The van der Waals surface area contributed by atoms with Crippen LogP contribution in [0.15, 0.2) is 34.9 Å². The van der Waals surface area contributed by atoms with Crippen LogP contribution in [0.3, 0.4) is 0 Å². The van der Waals surface area contributed by atoms with E-state index in [2.05, 4.69) is 26.2 Å². The molecule has 7 heteroatoms. The third-order valence-electron chi connectivity index (χ3n) is 2.36. The van der Waals surface area contributed by atoms with Crippen molar-refractivity contribution in [3.63, 3.8) is 0 Å². The third kappa shape index (κ3) is 3.05. The number of nitro groups is 1. The molecule has 0 spiro atoms. The summed E-state index contributed by atoms with van der Waals surface area (Å²) < 4.78 is 0.999. The predicted octanol–water partition coefficient (Wildman–Crippen LogP) is 3.99. The Kier molecular flexibility index (Phi) is 3.93. The Morgan fingerprint density at radius 3 is 2.94 bits per heavy atom. The van der Waals surface area contributed by atoms with E-state index in [0.29, 0.717) is 5.13 Å². The topological polar surface area (TPSA) is 68.1 Å². The van der Waals surface area contributed by atoms with Gasteiger partial charge in [0.15, 0.2) is 5.13 Å². The van der Waals surface area contributed by atoms with Crippen molar-refractivity contribution in [3.05, 3.63) is 50.6 Å². The standard InChI is InChI=1S/C11H10BrN3O2S/c1-7(8-3-2-4-9(12)5-8)14-11-13-6-10(18-11)15(16)17/h2-7H,1H3,(H,13,14). The number of hydrogen-bond acceptors (Lipinski definition) is 5. The predicted molar refractivity (Wildman–Crippen MR) is 74.9 cm³/mol. The van der Waals surface area contributed by atoms with Crippen molar-refractivity contribution >= 4 is 37.4 Å². The van der Waals surface area contributed by atoms with Gasteiger partial charge in [0.1, 0.15) is 6.20 Å². The molecule has 18 heavy (non-hydrogen) atoms. The minimum absolute atomic E-state index is 0.0354. The summed E-state index contributed by atoms with van der Waals surface area (Å²) in [6, 6.07) is 7.92. The fourth-order valence-corrected chi connectivity index (χ4v) is 2.60. The summed E-state index contributed by atoms with van der Waals surface area (Å²) in [5.41, 5.74) is 1.09. The summed E-state index contributed by atoms with van der Waals surface area (Å²) >= 11 is 4.44. The molecule has 0 radical (unpaired) electrons. The van der Waals surface area contributed by atoms with Crippen LogP contribution in [-0.4, -0.2) is 9.91 Å². The lowest BCUT2D eigenvalue weighted by atomic mass is 10.1. The Labute approximate surface area is 116 Å². The lowest BCUT2D eigenvalue weighted by Crippen LogP contribution is -2.05. The number of rotatable bonds is 4. The second-order valence-corrected chi connectivity index (χ2v) is 5.61. The minimum Gasteiger partial charge on any atom is -0.355 e. The number of aromatic nitrogens is 1. The first-order valence-corrected chi connectivity index (χ1v) is 6.79. The second kappa shape index (κ2) is 5.45. The number of thiazole rings is 1. The highest BCUT2D eigenvalue weighted by atomic mass is 79.9. The number of anilines is 1. The van der Waals surface area contributed by atoms with Gasteiger partial charge in [-0.3, -0.25) is 10.1 Å². The molecule has 0 aliphatic heterocycles. The molecule has 1 atom stereocenters. The van der Waals surface area contributed by atoms with Gasteiger partial charge >= 0.3 is 5.00 Å². The van der Waals surface area contributed by atoms with Crippen molar-refractivity contribution in [2.75, 3.05) is 5.32 Å². The molecule has 0 saturated heterocycles. The molecule has 2 rings (SSSR count). The van der Waals surface area contributed by atoms with Crippen LogP contribution in [0.2, 0.25) is 0 Å². The van der Waals surface area contributed by atoms with Gasteiger partial charge in [-0.25, -0.2) is 4.98 Å². The van der Waals surface area contributed by atoms with Gasteiger partial charge in [0.2, 0.25) is 0 Å².